The van der Waals surface area contributed by atoms with Gasteiger partial charge in [0.2, 0.25) is 5.91 Å². The van der Waals surface area contributed by atoms with E-state index in [4.69, 9.17) is 30.8 Å². The molecule has 0 saturated heterocycles. The molecule has 0 unspecified atom stereocenters. The van der Waals surface area contributed by atoms with Gasteiger partial charge in [-0.15, -0.1) is 0 Å². The highest BCUT2D eigenvalue weighted by molar-refractivity contribution is 5.79. The van der Waals surface area contributed by atoms with Crippen molar-refractivity contribution in [3.05, 3.63) is 59.7 Å². The van der Waals surface area contributed by atoms with Crippen LogP contribution in [0.5, 0.6) is 0 Å². The number of fused-ring (bicyclic) bond motifs is 3. The quantitative estimate of drug-likeness (QED) is 0.291. The molecule has 6 N–H and O–H groups in total. The number of carboxylic acid groups (broad SMARTS) is 1. The van der Waals surface area contributed by atoms with Crippen LogP contribution in [0.15, 0.2) is 48.5 Å². The van der Waals surface area contributed by atoms with E-state index in [9.17, 15) is 22.8 Å². The Morgan fingerprint density at radius 1 is 0.923 bits per heavy atom. The molecule has 10 nitrogen and oxygen atoms in total. The molecule has 2 aromatic rings. The molecule has 0 spiro atoms. The molecule has 0 atom stereocenters. The monoisotopic (exact) mass is 554 g/mol. The average molecular weight is 555 g/mol. The first-order valence-electron chi connectivity index (χ1n) is 12.2. The lowest BCUT2D eigenvalue weighted by molar-refractivity contribution is -0.192. The molecule has 13 heteroatoms. The van der Waals surface area contributed by atoms with Crippen molar-refractivity contribution in [1.29, 1.82) is 0 Å². The topological polar surface area (TPSA) is 157 Å². The van der Waals surface area contributed by atoms with Crippen molar-refractivity contribution in [3.8, 4) is 11.1 Å². The third-order valence-electron chi connectivity index (χ3n) is 5.71. The maximum atomic E-state index is 12.1. The van der Waals surface area contributed by atoms with Crippen LogP contribution in [-0.2, 0) is 19.1 Å². The number of alkyl carbamates (subject to hydrolysis) is 1. The number of ether oxygens (including phenoxy) is 2. The van der Waals surface area contributed by atoms with Gasteiger partial charge in [-0.2, -0.15) is 13.2 Å². The zero-order valence-electron chi connectivity index (χ0n) is 21.3. The molecule has 1 aliphatic carbocycles. The predicted molar refractivity (Wildman–Crippen MR) is 137 cm³/mol. The number of carbonyl (C=O) groups is 3. The fourth-order valence-electron chi connectivity index (χ4n) is 3.97. The summed E-state index contributed by atoms with van der Waals surface area (Å²) >= 11 is 0. The number of alkyl halides is 3. The van der Waals surface area contributed by atoms with Crippen LogP contribution in [0, 0.1) is 0 Å². The molecule has 3 rings (SSSR count). The summed E-state index contributed by atoms with van der Waals surface area (Å²) in [6.07, 6.45) is -5.31. The summed E-state index contributed by atoms with van der Waals surface area (Å²) in [7, 11) is 0. The molecular weight excluding hydrogens is 521 g/mol. The number of hydrogen-bond donors (Lipinski definition) is 4. The molecule has 39 heavy (non-hydrogen) atoms. The lowest BCUT2D eigenvalue weighted by Gasteiger charge is -2.21. The highest BCUT2D eigenvalue weighted by Crippen LogP contribution is 2.44. The van der Waals surface area contributed by atoms with Crippen LogP contribution in [-0.4, -0.2) is 86.7 Å². The number of hydrogen-bond acceptors (Lipinski definition) is 7. The third-order valence-corrected chi connectivity index (χ3v) is 5.71. The number of amides is 2. The molecule has 0 bridgehead atoms. The van der Waals surface area contributed by atoms with Crippen molar-refractivity contribution < 1.29 is 42.1 Å². The molecule has 2 aromatic carbocycles. The molecule has 0 radical (unpaired) electrons. The van der Waals surface area contributed by atoms with Gasteiger partial charge >= 0.3 is 18.2 Å². The van der Waals surface area contributed by atoms with Gasteiger partial charge in [0.1, 0.15) is 6.61 Å². The second-order valence-electron chi connectivity index (χ2n) is 8.38. The number of nitrogens with two attached hydrogens (primary N) is 2. The van der Waals surface area contributed by atoms with E-state index < -0.39 is 18.2 Å². The highest BCUT2D eigenvalue weighted by atomic mass is 19.4. The van der Waals surface area contributed by atoms with Gasteiger partial charge in [0.25, 0.3) is 0 Å². The maximum Gasteiger partial charge on any atom is 0.490 e. The van der Waals surface area contributed by atoms with E-state index in [-0.39, 0.29) is 31.5 Å². The summed E-state index contributed by atoms with van der Waals surface area (Å²) in [4.78, 5) is 34.8. The zero-order valence-corrected chi connectivity index (χ0v) is 21.3. The summed E-state index contributed by atoms with van der Waals surface area (Å²) in [6, 6.07) is 16.4. The van der Waals surface area contributed by atoms with Crippen LogP contribution in [0.25, 0.3) is 11.1 Å². The maximum absolute atomic E-state index is 12.1. The van der Waals surface area contributed by atoms with E-state index in [2.05, 4.69) is 29.6 Å². The standard InChI is InChI=1S/C24H32N4O4.C2HF3O2/c25-10-13-28(14-11-26)23(29)9-15-31-16-12-27-24(30)32-17-22-20-7-3-1-5-18(20)19-6-2-4-8-21(19)22;3-2(4,5)1(6)7/h1-8,22H,9-17,25-26H2,(H,27,30);(H,6,7). The number of nitrogens with one attached hydrogen (secondary N) is 1. The van der Waals surface area contributed by atoms with Crippen molar-refractivity contribution in [2.24, 2.45) is 11.5 Å². The Hall–Kier alpha value is -3.68. The summed E-state index contributed by atoms with van der Waals surface area (Å²) in [6.45, 7) is 2.92. The van der Waals surface area contributed by atoms with Crippen molar-refractivity contribution >= 4 is 18.0 Å². The summed E-state index contributed by atoms with van der Waals surface area (Å²) in [5.74, 6) is -2.77. The Morgan fingerprint density at radius 3 is 1.92 bits per heavy atom. The zero-order chi connectivity index (χ0) is 28.8. The van der Waals surface area contributed by atoms with Gasteiger partial charge in [0.05, 0.1) is 19.6 Å². The third kappa shape index (κ3) is 9.85. The minimum absolute atomic E-state index is 0.0281. The minimum Gasteiger partial charge on any atom is -0.475 e. The van der Waals surface area contributed by atoms with Gasteiger partial charge in [-0.3, -0.25) is 4.79 Å². The van der Waals surface area contributed by atoms with Crippen LogP contribution < -0.4 is 16.8 Å². The number of benzene rings is 2. The molecule has 0 heterocycles. The van der Waals surface area contributed by atoms with E-state index >= 15 is 0 Å². The number of carboxylic acids is 1. The van der Waals surface area contributed by atoms with Gasteiger partial charge in [0, 0.05) is 38.6 Å². The molecule has 2 amide bonds. The molecular formula is C26H33F3N4O6. The van der Waals surface area contributed by atoms with E-state index in [0.29, 0.717) is 39.3 Å². The SMILES string of the molecule is NCCN(CCN)C(=O)CCOCCNC(=O)OCC1c2ccccc2-c2ccccc21.O=C(O)C(F)(F)F. The minimum atomic E-state index is -5.08. The normalized spacial score (nSPS) is 12.0. The molecule has 0 saturated carbocycles. The van der Waals surface area contributed by atoms with E-state index in [1.165, 1.54) is 22.3 Å². The van der Waals surface area contributed by atoms with Gasteiger partial charge in [0.15, 0.2) is 0 Å². The lowest BCUT2D eigenvalue weighted by Crippen LogP contribution is -2.39. The van der Waals surface area contributed by atoms with E-state index in [1.54, 1.807) is 4.90 Å². The van der Waals surface area contributed by atoms with Gasteiger partial charge in [-0.25, -0.2) is 9.59 Å². The fraction of sp³-hybridized carbons (Fsp3) is 0.423. The first-order chi connectivity index (χ1) is 18.6. The number of rotatable bonds is 12. The Bertz CT molecular complexity index is 1050. The fourth-order valence-corrected chi connectivity index (χ4v) is 3.97. The van der Waals surface area contributed by atoms with E-state index in [1.807, 2.05) is 24.3 Å². The summed E-state index contributed by atoms with van der Waals surface area (Å²) in [5, 5.41) is 9.82. The van der Waals surface area contributed by atoms with Crippen LogP contribution in [0.3, 0.4) is 0 Å². The lowest BCUT2D eigenvalue weighted by atomic mass is 9.98. The molecule has 0 aromatic heterocycles. The van der Waals surface area contributed by atoms with Crippen LogP contribution in [0.2, 0.25) is 0 Å². The number of carbonyl (C=O) groups excluding carboxylic acids is 2. The summed E-state index contributed by atoms with van der Waals surface area (Å²) < 4.78 is 42.7. The van der Waals surface area contributed by atoms with Crippen LogP contribution in [0.1, 0.15) is 23.5 Å². The molecule has 214 valence electrons. The largest absolute Gasteiger partial charge is 0.490 e. The Morgan fingerprint density at radius 2 is 1.44 bits per heavy atom. The Kier molecular flexibility index (Phi) is 12.7. The van der Waals surface area contributed by atoms with Crippen LogP contribution >= 0.6 is 0 Å². The van der Waals surface area contributed by atoms with Crippen LogP contribution in [0.4, 0.5) is 18.0 Å². The second kappa shape index (κ2) is 15.7. The highest BCUT2D eigenvalue weighted by Gasteiger charge is 2.38. The van der Waals surface area contributed by atoms with Crippen molar-refractivity contribution in [1.82, 2.24) is 10.2 Å². The Labute approximate surface area is 224 Å². The first-order valence-corrected chi connectivity index (χ1v) is 12.2. The van der Waals surface area contributed by atoms with Gasteiger partial charge < -0.3 is 36.3 Å². The van der Waals surface area contributed by atoms with Gasteiger partial charge in [-0.05, 0) is 22.3 Å². The predicted octanol–water partition coefficient (Wildman–Crippen LogP) is 2.31. The smallest absolute Gasteiger partial charge is 0.475 e. The number of halogens is 3. The second-order valence-corrected chi connectivity index (χ2v) is 8.38. The number of aliphatic carboxylic acids is 1. The summed E-state index contributed by atoms with van der Waals surface area (Å²) in [5.41, 5.74) is 15.8. The van der Waals surface area contributed by atoms with Gasteiger partial charge in [-0.1, -0.05) is 48.5 Å². The number of nitrogens with zero attached hydrogens (tertiary/aromatic N) is 1. The van der Waals surface area contributed by atoms with Crippen molar-refractivity contribution in [3.63, 3.8) is 0 Å². The molecule has 1 aliphatic rings. The van der Waals surface area contributed by atoms with E-state index in [0.717, 1.165) is 0 Å². The average Bonchev–Trinajstić information content (AvgIpc) is 3.22. The van der Waals surface area contributed by atoms with Crippen molar-refractivity contribution in [2.45, 2.75) is 18.5 Å². The van der Waals surface area contributed by atoms with Crippen molar-refractivity contribution in [2.75, 3.05) is 52.5 Å². The molecule has 0 aliphatic heterocycles. The molecule has 0 fully saturated rings. The first kappa shape index (κ1) is 31.5. The Balaban J connectivity index is 0.000000673.